The Kier molecular flexibility index (Phi) is 29.9. The molecule has 2 aliphatic rings. The van der Waals surface area contributed by atoms with E-state index in [1.54, 1.807) is 0 Å². The van der Waals surface area contributed by atoms with E-state index in [0.717, 1.165) is 26.4 Å². The third-order valence-corrected chi connectivity index (χ3v) is 10.9. The van der Waals surface area contributed by atoms with Gasteiger partial charge in [0.05, 0.1) is 65.4 Å². The average Bonchev–Trinajstić information content (AvgIpc) is 3.61. The van der Waals surface area contributed by atoms with Gasteiger partial charge < -0.3 is 66.4 Å². The van der Waals surface area contributed by atoms with E-state index < -0.39 is 0 Å². The van der Waals surface area contributed by atoms with Gasteiger partial charge in [0, 0.05) is 45.5 Å². The minimum atomic E-state index is 0. The highest BCUT2D eigenvalue weighted by Crippen LogP contribution is 2.36. The van der Waals surface area contributed by atoms with Gasteiger partial charge in [-0.3, -0.25) is 0 Å². The Morgan fingerprint density at radius 3 is 1.20 bits per heavy atom. The van der Waals surface area contributed by atoms with E-state index in [1.807, 2.05) is 0 Å². The molecule has 0 aromatic heterocycles. The molecular formula is C39H80I2N2O2. The molecule has 2 aliphatic heterocycles. The molecule has 0 aliphatic carbocycles. The van der Waals surface area contributed by atoms with Crippen LogP contribution in [0.3, 0.4) is 0 Å². The van der Waals surface area contributed by atoms with Crippen molar-refractivity contribution in [2.45, 2.75) is 168 Å². The fourth-order valence-corrected chi connectivity index (χ4v) is 8.45. The van der Waals surface area contributed by atoms with Crippen molar-refractivity contribution in [2.24, 2.45) is 5.41 Å². The Hall–Kier alpha value is 1.30. The number of unbranched alkanes of at least 4 members (excludes halogenated alkanes) is 16. The van der Waals surface area contributed by atoms with Gasteiger partial charge >= 0.3 is 0 Å². The summed E-state index contributed by atoms with van der Waals surface area (Å²) >= 11 is 0. The van der Waals surface area contributed by atoms with Crippen molar-refractivity contribution in [1.29, 1.82) is 0 Å². The summed E-state index contributed by atoms with van der Waals surface area (Å²) in [5.74, 6) is 0. The first-order valence-electron chi connectivity index (χ1n) is 19.8. The normalized spacial score (nSPS) is 17.3. The van der Waals surface area contributed by atoms with Crippen molar-refractivity contribution < 1.29 is 66.4 Å². The van der Waals surface area contributed by atoms with Gasteiger partial charge in [0.1, 0.15) is 0 Å². The second kappa shape index (κ2) is 29.1. The van der Waals surface area contributed by atoms with Crippen molar-refractivity contribution >= 4 is 0 Å². The minimum Gasteiger partial charge on any atom is -1.00 e. The lowest BCUT2D eigenvalue weighted by Gasteiger charge is -2.45. The number of rotatable bonds is 30. The van der Waals surface area contributed by atoms with Gasteiger partial charge in [-0.15, -0.1) is 0 Å². The molecule has 0 spiro atoms. The molecule has 0 N–H and O–H groups in total. The average molecular weight is 863 g/mol. The predicted molar refractivity (Wildman–Crippen MR) is 188 cm³/mol. The summed E-state index contributed by atoms with van der Waals surface area (Å²) < 4.78 is 15.2. The molecule has 4 nitrogen and oxygen atoms in total. The van der Waals surface area contributed by atoms with Crippen molar-refractivity contribution in [3.63, 3.8) is 0 Å². The van der Waals surface area contributed by atoms with E-state index in [0.29, 0.717) is 5.41 Å². The van der Waals surface area contributed by atoms with Crippen LogP contribution in [0.25, 0.3) is 0 Å². The summed E-state index contributed by atoms with van der Waals surface area (Å²) in [5.41, 5.74) is 0.332. The van der Waals surface area contributed by atoms with Gasteiger partial charge in [-0.25, -0.2) is 0 Å². The molecule has 2 saturated heterocycles. The van der Waals surface area contributed by atoms with E-state index in [4.69, 9.17) is 9.47 Å². The SMILES string of the molecule is CCCCCCCCCCCCOCC(CCCCCCCOCCCCCC)(C[N+]1(C)CCCC1)C[N+]1(C)CCCC1.[I-].[I-]. The summed E-state index contributed by atoms with van der Waals surface area (Å²) in [7, 11) is 5.13. The maximum atomic E-state index is 6.70. The molecule has 45 heavy (non-hydrogen) atoms. The molecule has 0 saturated carbocycles. The minimum absolute atomic E-state index is 0. The molecule has 2 fully saturated rings. The first-order valence-corrected chi connectivity index (χ1v) is 19.8. The lowest BCUT2D eigenvalue weighted by atomic mass is 9.80. The Balaban J connectivity index is 0.00000968. The van der Waals surface area contributed by atoms with E-state index >= 15 is 0 Å². The molecule has 0 bridgehead atoms. The van der Waals surface area contributed by atoms with E-state index in [-0.39, 0.29) is 48.0 Å². The molecule has 0 atom stereocenters. The number of halogens is 2. The second-order valence-corrected chi connectivity index (χ2v) is 15.8. The van der Waals surface area contributed by atoms with Gasteiger partial charge in [-0.05, 0) is 25.7 Å². The summed E-state index contributed by atoms with van der Waals surface area (Å²) in [5, 5.41) is 0. The first kappa shape index (κ1) is 46.3. The van der Waals surface area contributed by atoms with Crippen LogP contribution in [0.5, 0.6) is 0 Å². The maximum Gasteiger partial charge on any atom is 0.0919 e. The summed E-state index contributed by atoms with van der Waals surface area (Å²) in [6.07, 6.45) is 32.9. The fraction of sp³-hybridized carbons (Fsp3) is 1.00. The van der Waals surface area contributed by atoms with Crippen LogP contribution in [0.1, 0.15) is 168 Å². The van der Waals surface area contributed by atoms with Crippen molar-refractivity contribution in [3.05, 3.63) is 0 Å². The molecule has 2 heterocycles. The van der Waals surface area contributed by atoms with Crippen LogP contribution in [-0.4, -0.2) is 88.8 Å². The predicted octanol–water partition coefficient (Wildman–Crippen LogP) is 4.34. The Bertz CT molecular complexity index is 585. The van der Waals surface area contributed by atoms with Gasteiger partial charge in [-0.2, -0.15) is 0 Å². The number of likely N-dealkylation sites (tertiary alicyclic amines) is 2. The highest BCUT2D eigenvalue weighted by Gasteiger charge is 2.46. The number of hydrogen-bond donors (Lipinski definition) is 0. The number of ether oxygens (including phenoxy) is 2. The largest absolute Gasteiger partial charge is 1.00 e. The van der Waals surface area contributed by atoms with Crippen LogP contribution in [0.2, 0.25) is 0 Å². The van der Waals surface area contributed by atoms with Crippen molar-refractivity contribution in [3.8, 4) is 0 Å². The highest BCUT2D eigenvalue weighted by atomic mass is 127. The third kappa shape index (κ3) is 22.6. The standard InChI is InChI=1S/C39H80N2O2.2HI/c1-5-7-9-11-12-13-14-15-18-27-35-43-38-39(36-40(3)29-21-22-30-40,37-41(4)31-23-24-32-41)28-20-17-16-19-26-34-42-33-25-10-8-6-2;;/h5-38H2,1-4H3;2*1H/q+2;;/p-2. The van der Waals surface area contributed by atoms with Crippen LogP contribution in [0.4, 0.5) is 0 Å². The molecule has 0 radical (unpaired) electrons. The van der Waals surface area contributed by atoms with Crippen LogP contribution >= 0.6 is 0 Å². The molecule has 0 amide bonds. The zero-order chi connectivity index (χ0) is 31.0. The van der Waals surface area contributed by atoms with Crippen molar-refractivity contribution in [1.82, 2.24) is 0 Å². The number of nitrogens with zero attached hydrogens (tertiary/aromatic N) is 2. The second-order valence-electron chi connectivity index (χ2n) is 15.8. The molecule has 0 unspecified atom stereocenters. The van der Waals surface area contributed by atoms with Gasteiger partial charge in [0.2, 0.25) is 0 Å². The highest BCUT2D eigenvalue weighted by molar-refractivity contribution is 4.82. The van der Waals surface area contributed by atoms with Crippen LogP contribution < -0.4 is 48.0 Å². The quantitative estimate of drug-likeness (QED) is 0.0609. The Morgan fingerprint density at radius 1 is 0.444 bits per heavy atom. The lowest BCUT2D eigenvalue weighted by Crippen LogP contribution is -3.00. The zero-order valence-electron chi connectivity index (χ0n) is 31.0. The maximum absolute atomic E-state index is 6.70. The number of hydrogen-bond acceptors (Lipinski definition) is 2. The van der Waals surface area contributed by atoms with Crippen LogP contribution in [-0.2, 0) is 9.47 Å². The summed E-state index contributed by atoms with van der Waals surface area (Å²) in [6, 6.07) is 0. The van der Waals surface area contributed by atoms with E-state index in [1.165, 1.54) is 202 Å². The topological polar surface area (TPSA) is 18.5 Å². The Morgan fingerprint density at radius 2 is 0.778 bits per heavy atom. The summed E-state index contributed by atoms with van der Waals surface area (Å²) in [6.45, 7) is 16.7. The smallest absolute Gasteiger partial charge is 0.0919 e. The zero-order valence-corrected chi connectivity index (χ0v) is 35.3. The molecule has 2 rings (SSSR count). The van der Waals surface area contributed by atoms with E-state index in [2.05, 4.69) is 27.9 Å². The van der Waals surface area contributed by atoms with Crippen molar-refractivity contribution in [2.75, 3.05) is 79.8 Å². The fourth-order valence-electron chi connectivity index (χ4n) is 8.45. The Labute approximate surface area is 317 Å². The molecule has 6 heteroatoms. The van der Waals surface area contributed by atoms with Gasteiger partial charge in [0.25, 0.3) is 0 Å². The lowest BCUT2D eigenvalue weighted by molar-refractivity contribution is -0.928. The number of quaternary nitrogens is 2. The third-order valence-electron chi connectivity index (χ3n) is 10.9. The van der Waals surface area contributed by atoms with E-state index in [9.17, 15) is 0 Å². The monoisotopic (exact) mass is 862 g/mol. The summed E-state index contributed by atoms with van der Waals surface area (Å²) in [4.78, 5) is 0. The van der Waals surface area contributed by atoms with Gasteiger partial charge in [0.15, 0.2) is 0 Å². The molecule has 0 aromatic rings. The molecular weight excluding hydrogens is 782 g/mol. The first-order chi connectivity index (χ1) is 20.9. The molecule has 272 valence electrons. The van der Waals surface area contributed by atoms with Gasteiger partial charge in [-0.1, -0.05) is 117 Å². The van der Waals surface area contributed by atoms with Crippen LogP contribution in [0.15, 0.2) is 0 Å². The molecule has 0 aromatic carbocycles. The van der Waals surface area contributed by atoms with Crippen LogP contribution in [0, 0.1) is 5.41 Å².